The van der Waals surface area contributed by atoms with Gasteiger partial charge in [0.2, 0.25) is 11.8 Å². The zero-order valence-corrected chi connectivity index (χ0v) is 23.8. The number of nitrogens with two attached hydrogens (primary N) is 1. The van der Waals surface area contributed by atoms with Crippen molar-refractivity contribution in [1.29, 1.82) is 0 Å². The molecule has 4 aromatic rings. The van der Waals surface area contributed by atoms with Gasteiger partial charge in [-0.25, -0.2) is 4.39 Å². The van der Waals surface area contributed by atoms with Crippen molar-refractivity contribution in [3.63, 3.8) is 0 Å². The summed E-state index contributed by atoms with van der Waals surface area (Å²) in [7, 11) is 0. The second-order valence-corrected chi connectivity index (χ2v) is 11.0. The molecule has 10 heteroatoms. The lowest BCUT2D eigenvalue weighted by atomic mass is 10.00. The number of nitrogens with zero attached hydrogens (tertiary/aromatic N) is 2. The van der Waals surface area contributed by atoms with Crippen molar-refractivity contribution >= 4 is 51.6 Å². The molecule has 0 spiro atoms. The minimum atomic E-state index is -0.590. The molecule has 216 valence electrons. The van der Waals surface area contributed by atoms with E-state index in [9.17, 15) is 23.6 Å². The van der Waals surface area contributed by atoms with Gasteiger partial charge in [-0.3, -0.25) is 19.2 Å². The summed E-state index contributed by atoms with van der Waals surface area (Å²) in [5, 5.41) is 3.29. The summed E-state index contributed by atoms with van der Waals surface area (Å²) >= 11 is 5.82. The van der Waals surface area contributed by atoms with Crippen LogP contribution >= 0.6 is 11.6 Å². The summed E-state index contributed by atoms with van der Waals surface area (Å²) in [4.78, 5) is 53.0. The van der Waals surface area contributed by atoms with Gasteiger partial charge in [-0.2, -0.15) is 0 Å². The number of anilines is 1. The highest BCUT2D eigenvalue weighted by Gasteiger charge is 2.34. The first-order valence-electron chi connectivity index (χ1n) is 13.6. The molecular weight excluding hydrogens is 559 g/mol. The van der Waals surface area contributed by atoms with E-state index in [0.29, 0.717) is 27.7 Å². The molecule has 1 fully saturated rings. The molecule has 2 amide bonds. The summed E-state index contributed by atoms with van der Waals surface area (Å²) in [6, 6.07) is 16.7. The van der Waals surface area contributed by atoms with Gasteiger partial charge in [-0.15, -0.1) is 0 Å². The third-order valence-corrected chi connectivity index (χ3v) is 7.63. The molecule has 3 aromatic carbocycles. The quantitative estimate of drug-likeness (QED) is 0.190. The largest absolute Gasteiger partial charge is 0.399 e. The number of nitrogens with one attached hydrogen (secondary N) is 1. The number of hydrogen-bond donors (Lipinski definition) is 2. The third-order valence-electron chi connectivity index (χ3n) is 7.33. The molecule has 1 heterocycles. The maximum absolute atomic E-state index is 14.2. The molecule has 1 aliphatic carbocycles. The zero-order valence-electron chi connectivity index (χ0n) is 23.0. The Labute approximate surface area is 247 Å². The van der Waals surface area contributed by atoms with Crippen LogP contribution in [0.1, 0.15) is 51.6 Å². The second-order valence-electron chi connectivity index (χ2n) is 10.5. The maximum Gasteiger partial charge on any atom is 0.243 e. The van der Waals surface area contributed by atoms with E-state index in [0.717, 1.165) is 18.4 Å². The number of hydrogen-bond acceptors (Lipinski definition) is 5. The smallest absolute Gasteiger partial charge is 0.243 e. The standard InChI is InChI=1S/C32H30ClFN4O4/c1-19(39)26-16-37(28-11-8-20(12-25(26)28)13-29(40)21-4-2-6-23(35)14-21)18-31(42)38(24-9-10-24)17-30(41)36-15-22-5-3-7-27(33)32(22)34/h2-8,11-12,14,16,24H,9-10,13,15,17-18,35H2,1H3,(H,36,41). The number of rotatable bonds is 11. The van der Waals surface area contributed by atoms with Crippen molar-refractivity contribution in [2.24, 2.45) is 0 Å². The van der Waals surface area contributed by atoms with E-state index in [-0.39, 0.29) is 60.2 Å². The average molecular weight is 589 g/mol. The molecule has 42 heavy (non-hydrogen) atoms. The Kier molecular flexibility index (Phi) is 8.40. The molecule has 0 bridgehead atoms. The highest BCUT2D eigenvalue weighted by molar-refractivity contribution is 6.30. The van der Waals surface area contributed by atoms with E-state index in [1.807, 2.05) is 0 Å². The highest BCUT2D eigenvalue weighted by atomic mass is 35.5. The number of halogens is 2. The van der Waals surface area contributed by atoms with Gasteiger partial charge in [0.25, 0.3) is 0 Å². The molecule has 1 saturated carbocycles. The SMILES string of the molecule is CC(=O)c1cn(CC(=O)N(CC(=O)NCc2cccc(Cl)c2F)C2CC2)c2ccc(CC(=O)c3cccc(N)c3)cc12. The van der Waals surface area contributed by atoms with Gasteiger partial charge in [-0.05, 0) is 55.7 Å². The molecule has 0 radical (unpaired) electrons. The van der Waals surface area contributed by atoms with Crippen LogP contribution in [0.4, 0.5) is 10.1 Å². The topological polar surface area (TPSA) is 114 Å². The van der Waals surface area contributed by atoms with Crippen molar-refractivity contribution in [1.82, 2.24) is 14.8 Å². The van der Waals surface area contributed by atoms with Gasteiger partial charge in [0.05, 0.1) is 11.6 Å². The van der Waals surface area contributed by atoms with Gasteiger partial charge in [0.15, 0.2) is 11.6 Å². The molecule has 0 aliphatic heterocycles. The summed E-state index contributed by atoms with van der Waals surface area (Å²) in [5.41, 5.74) is 8.92. The van der Waals surface area contributed by atoms with Crippen LogP contribution in [0.25, 0.3) is 10.9 Å². The first kappa shape index (κ1) is 29.0. The van der Waals surface area contributed by atoms with Crippen LogP contribution in [-0.4, -0.2) is 45.4 Å². The molecule has 5 rings (SSSR count). The molecule has 1 aromatic heterocycles. The van der Waals surface area contributed by atoms with Crippen molar-refractivity contribution in [3.05, 3.63) is 100.0 Å². The first-order chi connectivity index (χ1) is 20.1. The monoisotopic (exact) mass is 588 g/mol. The predicted octanol–water partition coefficient (Wildman–Crippen LogP) is 4.95. The fraction of sp³-hybridized carbons (Fsp3) is 0.250. The van der Waals surface area contributed by atoms with Crippen LogP contribution in [0.2, 0.25) is 5.02 Å². The predicted molar refractivity (Wildman–Crippen MR) is 159 cm³/mol. The van der Waals surface area contributed by atoms with Crippen LogP contribution < -0.4 is 11.1 Å². The fourth-order valence-corrected chi connectivity index (χ4v) is 5.19. The van der Waals surface area contributed by atoms with E-state index < -0.39 is 11.7 Å². The van der Waals surface area contributed by atoms with Gasteiger partial charge < -0.3 is 20.5 Å². The van der Waals surface area contributed by atoms with E-state index in [1.54, 1.807) is 59.3 Å². The number of amides is 2. The number of benzene rings is 3. The van der Waals surface area contributed by atoms with Crippen molar-refractivity contribution < 1.29 is 23.6 Å². The molecule has 3 N–H and O–H groups in total. The molecule has 0 unspecified atom stereocenters. The van der Waals surface area contributed by atoms with Crippen LogP contribution in [0.15, 0.2) is 66.9 Å². The summed E-state index contributed by atoms with van der Waals surface area (Å²) < 4.78 is 15.9. The fourth-order valence-electron chi connectivity index (χ4n) is 5.00. The normalized spacial score (nSPS) is 12.7. The second kappa shape index (κ2) is 12.2. The number of carbonyl (C=O) groups is 4. The Balaban J connectivity index is 1.30. The lowest BCUT2D eigenvalue weighted by Gasteiger charge is -2.22. The number of nitrogen functional groups attached to an aromatic ring is 1. The first-order valence-corrected chi connectivity index (χ1v) is 14.0. The Morgan fingerprint density at radius 2 is 1.83 bits per heavy atom. The molecule has 1 aliphatic rings. The van der Waals surface area contributed by atoms with Crippen LogP contribution in [0.5, 0.6) is 0 Å². The van der Waals surface area contributed by atoms with Crippen molar-refractivity contribution in [3.8, 4) is 0 Å². The average Bonchev–Trinajstić information content (AvgIpc) is 3.74. The van der Waals surface area contributed by atoms with Gasteiger partial charge >= 0.3 is 0 Å². The lowest BCUT2D eigenvalue weighted by Crippen LogP contribution is -2.43. The van der Waals surface area contributed by atoms with Crippen LogP contribution in [-0.2, 0) is 29.1 Å². The van der Waals surface area contributed by atoms with Crippen LogP contribution in [0.3, 0.4) is 0 Å². The van der Waals surface area contributed by atoms with Gasteiger partial charge in [0, 0.05) is 58.5 Å². The van der Waals surface area contributed by atoms with E-state index >= 15 is 0 Å². The Morgan fingerprint density at radius 1 is 1.07 bits per heavy atom. The summed E-state index contributed by atoms with van der Waals surface area (Å²) in [5.74, 6) is -1.54. The zero-order chi connectivity index (χ0) is 30.0. The molecule has 0 saturated heterocycles. The van der Waals surface area contributed by atoms with Crippen molar-refractivity contribution in [2.45, 2.75) is 45.3 Å². The maximum atomic E-state index is 14.2. The Morgan fingerprint density at radius 3 is 2.55 bits per heavy atom. The summed E-state index contributed by atoms with van der Waals surface area (Å²) in [6.07, 6.45) is 3.35. The number of Topliss-reactive ketones (excluding diaryl/α,β-unsaturated/α-hetero) is 2. The van der Waals surface area contributed by atoms with E-state index in [1.165, 1.54) is 24.0 Å². The molecular formula is C32H30ClFN4O4. The number of ketones is 2. The van der Waals surface area contributed by atoms with E-state index in [2.05, 4.69) is 5.32 Å². The lowest BCUT2D eigenvalue weighted by molar-refractivity contribution is -0.137. The Bertz CT molecular complexity index is 1710. The van der Waals surface area contributed by atoms with Gasteiger partial charge in [0.1, 0.15) is 12.4 Å². The molecule has 0 atom stereocenters. The van der Waals surface area contributed by atoms with E-state index in [4.69, 9.17) is 17.3 Å². The van der Waals surface area contributed by atoms with Gasteiger partial charge in [-0.1, -0.05) is 41.9 Å². The number of fused-ring (bicyclic) bond motifs is 1. The third kappa shape index (κ3) is 6.52. The van der Waals surface area contributed by atoms with Crippen molar-refractivity contribution in [2.75, 3.05) is 12.3 Å². The number of aromatic nitrogens is 1. The minimum Gasteiger partial charge on any atom is -0.399 e. The minimum absolute atomic E-state index is 0.0273. The Hall–Kier alpha value is -4.50. The van der Waals surface area contributed by atoms with Crippen LogP contribution in [0, 0.1) is 5.82 Å². The molecule has 8 nitrogen and oxygen atoms in total. The summed E-state index contributed by atoms with van der Waals surface area (Å²) in [6.45, 7) is 1.17. The highest BCUT2D eigenvalue weighted by Crippen LogP contribution is 2.29. The number of carbonyl (C=O) groups excluding carboxylic acids is 4.